The number of aryl methyl sites for hydroxylation is 1. The van der Waals surface area contributed by atoms with Crippen LogP contribution in [0.3, 0.4) is 0 Å². The van der Waals surface area contributed by atoms with Crippen LogP contribution in [0.5, 0.6) is 0 Å². The SMILES string of the molecule is Cc1cccc(N(C)CC(CO)(NC(C)C)C2CC2)c1. The standard InChI is InChI=1S/C17H28N2O/c1-13(2)18-17(12-20,15-8-9-15)11-19(4)16-7-5-6-14(3)10-16/h5-7,10,13,15,18,20H,8-9,11-12H2,1-4H3. The average Bonchev–Trinajstić information content (AvgIpc) is 3.21. The number of hydrogen-bond acceptors (Lipinski definition) is 3. The summed E-state index contributed by atoms with van der Waals surface area (Å²) in [7, 11) is 2.11. The molecule has 0 aromatic heterocycles. The number of rotatable bonds is 7. The molecule has 0 amide bonds. The van der Waals surface area contributed by atoms with Crippen molar-refractivity contribution in [1.29, 1.82) is 0 Å². The predicted molar refractivity (Wildman–Crippen MR) is 85.3 cm³/mol. The fourth-order valence-corrected chi connectivity index (χ4v) is 3.11. The van der Waals surface area contributed by atoms with Crippen LogP contribution in [0.1, 0.15) is 32.3 Å². The lowest BCUT2D eigenvalue weighted by Crippen LogP contribution is -2.59. The van der Waals surface area contributed by atoms with Gasteiger partial charge in [0.15, 0.2) is 0 Å². The van der Waals surface area contributed by atoms with Crippen LogP contribution in [0.25, 0.3) is 0 Å². The van der Waals surface area contributed by atoms with E-state index < -0.39 is 0 Å². The van der Waals surface area contributed by atoms with E-state index in [0.29, 0.717) is 12.0 Å². The van der Waals surface area contributed by atoms with Gasteiger partial charge in [0.1, 0.15) is 0 Å². The van der Waals surface area contributed by atoms with E-state index >= 15 is 0 Å². The Morgan fingerprint density at radius 3 is 2.60 bits per heavy atom. The highest BCUT2D eigenvalue weighted by molar-refractivity contribution is 5.48. The molecule has 1 aromatic carbocycles. The third-order valence-corrected chi connectivity index (χ3v) is 4.18. The lowest BCUT2D eigenvalue weighted by atomic mass is 9.92. The Morgan fingerprint density at radius 2 is 2.10 bits per heavy atom. The van der Waals surface area contributed by atoms with Crippen molar-refractivity contribution in [2.24, 2.45) is 5.92 Å². The van der Waals surface area contributed by atoms with Gasteiger partial charge in [0.05, 0.1) is 12.1 Å². The van der Waals surface area contributed by atoms with Gasteiger partial charge in [-0.25, -0.2) is 0 Å². The summed E-state index contributed by atoms with van der Waals surface area (Å²) in [5, 5.41) is 13.6. The first-order valence-corrected chi connectivity index (χ1v) is 7.63. The monoisotopic (exact) mass is 276 g/mol. The Hall–Kier alpha value is -1.06. The van der Waals surface area contributed by atoms with Crippen molar-refractivity contribution in [3.8, 4) is 0 Å². The number of anilines is 1. The van der Waals surface area contributed by atoms with Gasteiger partial charge in [-0.15, -0.1) is 0 Å². The third kappa shape index (κ3) is 3.53. The van der Waals surface area contributed by atoms with Crippen LogP contribution in [0.4, 0.5) is 5.69 Å². The molecule has 1 saturated carbocycles. The van der Waals surface area contributed by atoms with Crippen molar-refractivity contribution in [2.45, 2.75) is 45.2 Å². The first kappa shape index (κ1) is 15.3. The molecule has 112 valence electrons. The fraction of sp³-hybridized carbons (Fsp3) is 0.647. The minimum absolute atomic E-state index is 0.174. The van der Waals surface area contributed by atoms with Crippen LogP contribution in [0, 0.1) is 12.8 Å². The predicted octanol–water partition coefficient (Wildman–Crippen LogP) is 2.57. The summed E-state index contributed by atoms with van der Waals surface area (Å²) >= 11 is 0. The first-order chi connectivity index (χ1) is 9.47. The molecule has 0 bridgehead atoms. The van der Waals surface area contributed by atoms with Gasteiger partial charge in [0.2, 0.25) is 0 Å². The van der Waals surface area contributed by atoms with Crippen molar-refractivity contribution in [1.82, 2.24) is 5.32 Å². The molecule has 1 aliphatic rings. The average molecular weight is 276 g/mol. The van der Waals surface area contributed by atoms with E-state index in [2.05, 4.69) is 62.3 Å². The van der Waals surface area contributed by atoms with Gasteiger partial charge < -0.3 is 15.3 Å². The Balaban J connectivity index is 2.14. The van der Waals surface area contributed by atoms with Gasteiger partial charge in [-0.3, -0.25) is 0 Å². The van der Waals surface area contributed by atoms with Crippen molar-refractivity contribution in [3.05, 3.63) is 29.8 Å². The molecule has 0 radical (unpaired) electrons. The Labute approximate surface area is 123 Å². The number of aliphatic hydroxyl groups is 1. The number of aliphatic hydroxyl groups excluding tert-OH is 1. The van der Waals surface area contributed by atoms with Gasteiger partial charge in [0, 0.05) is 25.3 Å². The largest absolute Gasteiger partial charge is 0.394 e. The molecule has 0 spiro atoms. The van der Waals surface area contributed by atoms with Crippen LogP contribution in [0.15, 0.2) is 24.3 Å². The summed E-state index contributed by atoms with van der Waals surface area (Å²) in [6.45, 7) is 7.46. The summed E-state index contributed by atoms with van der Waals surface area (Å²) < 4.78 is 0. The Morgan fingerprint density at radius 1 is 1.40 bits per heavy atom. The summed E-state index contributed by atoms with van der Waals surface area (Å²) in [6.07, 6.45) is 2.45. The van der Waals surface area contributed by atoms with Crippen molar-refractivity contribution in [3.63, 3.8) is 0 Å². The van der Waals surface area contributed by atoms with E-state index in [1.165, 1.54) is 24.1 Å². The zero-order valence-corrected chi connectivity index (χ0v) is 13.2. The Kier molecular flexibility index (Phi) is 4.71. The molecule has 1 unspecified atom stereocenters. The Bertz CT molecular complexity index is 442. The maximum Gasteiger partial charge on any atom is 0.0633 e. The second kappa shape index (κ2) is 6.15. The molecule has 1 aromatic rings. The number of benzene rings is 1. The summed E-state index contributed by atoms with van der Waals surface area (Å²) in [5.41, 5.74) is 2.31. The highest BCUT2D eigenvalue weighted by Crippen LogP contribution is 2.40. The van der Waals surface area contributed by atoms with E-state index in [1.54, 1.807) is 0 Å². The van der Waals surface area contributed by atoms with Crippen LogP contribution in [0.2, 0.25) is 0 Å². The smallest absolute Gasteiger partial charge is 0.0633 e. The quantitative estimate of drug-likeness (QED) is 0.803. The maximum absolute atomic E-state index is 10.00. The zero-order chi connectivity index (χ0) is 14.8. The van der Waals surface area contributed by atoms with Gasteiger partial charge in [-0.2, -0.15) is 0 Å². The van der Waals surface area contributed by atoms with Gasteiger partial charge in [-0.1, -0.05) is 26.0 Å². The number of hydrogen-bond donors (Lipinski definition) is 2. The first-order valence-electron chi connectivity index (χ1n) is 7.63. The molecule has 1 fully saturated rings. The topological polar surface area (TPSA) is 35.5 Å². The number of nitrogens with one attached hydrogen (secondary N) is 1. The number of likely N-dealkylation sites (N-methyl/N-ethyl adjacent to an activating group) is 1. The number of nitrogens with zero attached hydrogens (tertiary/aromatic N) is 1. The van der Waals surface area contributed by atoms with Gasteiger partial charge >= 0.3 is 0 Å². The van der Waals surface area contributed by atoms with Crippen LogP contribution in [-0.2, 0) is 0 Å². The minimum atomic E-state index is -0.174. The van der Waals surface area contributed by atoms with Crippen LogP contribution in [-0.4, -0.2) is 36.9 Å². The van der Waals surface area contributed by atoms with E-state index in [4.69, 9.17) is 0 Å². The highest BCUT2D eigenvalue weighted by atomic mass is 16.3. The van der Waals surface area contributed by atoms with Gasteiger partial charge in [-0.05, 0) is 43.4 Å². The second-order valence-corrected chi connectivity index (χ2v) is 6.58. The lowest BCUT2D eigenvalue weighted by Gasteiger charge is -2.39. The molecule has 20 heavy (non-hydrogen) atoms. The van der Waals surface area contributed by atoms with E-state index in [-0.39, 0.29) is 12.1 Å². The fourth-order valence-electron chi connectivity index (χ4n) is 3.11. The van der Waals surface area contributed by atoms with Crippen molar-refractivity contribution >= 4 is 5.69 Å². The normalized spacial score (nSPS) is 18.1. The van der Waals surface area contributed by atoms with E-state index in [1.807, 2.05) is 0 Å². The van der Waals surface area contributed by atoms with Crippen LogP contribution >= 0.6 is 0 Å². The lowest BCUT2D eigenvalue weighted by molar-refractivity contribution is 0.136. The molecular formula is C17H28N2O. The molecule has 0 heterocycles. The maximum atomic E-state index is 10.00. The molecule has 2 rings (SSSR count). The molecular weight excluding hydrogens is 248 g/mol. The van der Waals surface area contributed by atoms with E-state index in [0.717, 1.165) is 6.54 Å². The summed E-state index contributed by atoms with van der Waals surface area (Å²) in [5.74, 6) is 0.599. The molecule has 3 heteroatoms. The second-order valence-electron chi connectivity index (χ2n) is 6.58. The molecule has 1 aliphatic carbocycles. The molecule has 0 saturated heterocycles. The van der Waals surface area contributed by atoms with Gasteiger partial charge in [0.25, 0.3) is 0 Å². The van der Waals surface area contributed by atoms with Crippen LogP contribution < -0.4 is 10.2 Å². The molecule has 2 N–H and O–H groups in total. The zero-order valence-electron chi connectivity index (χ0n) is 13.2. The third-order valence-electron chi connectivity index (χ3n) is 4.18. The molecule has 0 aliphatic heterocycles. The summed E-state index contributed by atoms with van der Waals surface area (Å²) in [4.78, 5) is 2.26. The van der Waals surface area contributed by atoms with Crippen molar-refractivity contribution in [2.75, 3.05) is 25.1 Å². The molecule has 1 atom stereocenters. The summed E-state index contributed by atoms with van der Waals surface area (Å²) in [6, 6.07) is 8.93. The van der Waals surface area contributed by atoms with E-state index in [9.17, 15) is 5.11 Å². The minimum Gasteiger partial charge on any atom is -0.394 e. The molecule has 3 nitrogen and oxygen atoms in total. The highest BCUT2D eigenvalue weighted by Gasteiger charge is 2.45. The van der Waals surface area contributed by atoms with Crippen molar-refractivity contribution < 1.29 is 5.11 Å².